The molecule has 0 radical (unpaired) electrons. The van der Waals surface area contributed by atoms with Crippen molar-refractivity contribution in [3.8, 4) is 0 Å². The second-order valence-electron chi connectivity index (χ2n) is 10.9. The van der Waals surface area contributed by atoms with Crippen molar-refractivity contribution in [2.45, 2.75) is 0 Å². The van der Waals surface area contributed by atoms with Gasteiger partial charge in [-0.15, -0.1) is 0 Å². The van der Waals surface area contributed by atoms with Gasteiger partial charge in [-0.25, -0.2) is 19.2 Å². The molecule has 7 N–H and O–H groups in total. The monoisotopic (exact) mass is 720 g/mol. The predicted octanol–water partition coefficient (Wildman–Crippen LogP) is 6.41. The van der Waals surface area contributed by atoms with E-state index in [4.69, 9.17) is 0 Å². The SMILES string of the molecule is CN(CCO)c1nc(Nc2ccc(N=Nc3cc(C(=O)O)cc(C(=O)O)c3)cc2)nc(Nc2ccc(N=Nc3cc(C(=O)O)cc(C(=O)O)c3)cc2)n1. The molecule has 53 heavy (non-hydrogen) atoms. The van der Waals surface area contributed by atoms with Crippen LogP contribution in [0, 0.1) is 0 Å². The van der Waals surface area contributed by atoms with Crippen molar-refractivity contribution in [3.05, 3.63) is 107 Å². The first-order valence-electron chi connectivity index (χ1n) is 15.3. The summed E-state index contributed by atoms with van der Waals surface area (Å²) >= 11 is 0. The number of nitrogens with one attached hydrogen (secondary N) is 2. The van der Waals surface area contributed by atoms with Gasteiger partial charge in [0, 0.05) is 25.0 Å². The van der Waals surface area contributed by atoms with Crippen molar-refractivity contribution in [1.29, 1.82) is 0 Å². The maximum Gasteiger partial charge on any atom is 0.335 e. The fraction of sp³-hybridized carbons (Fsp3) is 0.0882. The third kappa shape index (κ3) is 9.95. The van der Waals surface area contributed by atoms with E-state index in [1.807, 2.05) is 0 Å². The lowest BCUT2D eigenvalue weighted by atomic mass is 10.1. The zero-order valence-corrected chi connectivity index (χ0v) is 27.4. The van der Waals surface area contributed by atoms with Crippen molar-refractivity contribution in [2.24, 2.45) is 20.5 Å². The Hall–Kier alpha value is -7.67. The van der Waals surface area contributed by atoms with E-state index in [1.54, 1.807) is 60.5 Å². The van der Waals surface area contributed by atoms with E-state index >= 15 is 0 Å². The topological polar surface area (TPSA) is 285 Å². The van der Waals surface area contributed by atoms with E-state index in [0.29, 0.717) is 22.7 Å². The van der Waals surface area contributed by atoms with Crippen molar-refractivity contribution in [2.75, 3.05) is 35.7 Å². The number of carboxylic acids is 4. The van der Waals surface area contributed by atoms with Gasteiger partial charge in [0.25, 0.3) is 0 Å². The number of anilines is 5. The summed E-state index contributed by atoms with van der Waals surface area (Å²) in [4.78, 5) is 60.4. The third-order valence-corrected chi connectivity index (χ3v) is 7.03. The Morgan fingerprint density at radius 1 is 0.547 bits per heavy atom. The van der Waals surface area contributed by atoms with Gasteiger partial charge >= 0.3 is 23.9 Å². The second kappa shape index (κ2) is 16.4. The van der Waals surface area contributed by atoms with Crippen LogP contribution in [0.2, 0.25) is 0 Å². The highest BCUT2D eigenvalue weighted by molar-refractivity contribution is 5.96. The highest BCUT2D eigenvalue weighted by Gasteiger charge is 2.14. The van der Waals surface area contributed by atoms with Crippen LogP contribution < -0.4 is 15.5 Å². The maximum absolute atomic E-state index is 11.4. The van der Waals surface area contributed by atoms with Crippen LogP contribution in [0.25, 0.3) is 0 Å². The summed E-state index contributed by atoms with van der Waals surface area (Å²) in [6.45, 7) is 0.0745. The Labute approximate surface area is 298 Å². The van der Waals surface area contributed by atoms with E-state index in [-0.39, 0.29) is 64.6 Å². The van der Waals surface area contributed by atoms with E-state index < -0.39 is 23.9 Å². The molecule has 0 atom stereocenters. The van der Waals surface area contributed by atoms with Crippen LogP contribution in [0.3, 0.4) is 0 Å². The Morgan fingerprint density at radius 3 is 1.21 bits per heavy atom. The van der Waals surface area contributed by atoms with Crippen LogP contribution in [-0.2, 0) is 0 Å². The van der Waals surface area contributed by atoms with Crippen LogP contribution in [-0.4, -0.2) is 84.6 Å². The van der Waals surface area contributed by atoms with Crippen molar-refractivity contribution in [1.82, 2.24) is 15.0 Å². The van der Waals surface area contributed by atoms with Crippen LogP contribution in [0.15, 0.2) is 105 Å². The van der Waals surface area contributed by atoms with Crippen LogP contribution in [0.1, 0.15) is 41.4 Å². The zero-order valence-electron chi connectivity index (χ0n) is 27.4. The molecule has 0 fully saturated rings. The Kier molecular flexibility index (Phi) is 11.3. The summed E-state index contributed by atoms with van der Waals surface area (Å²) in [6.07, 6.45) is 0. The summed E-state index contributed by atoms with van der Waals surface area (Å²) in [6, 6.07) is 19.9. The van der Waals surface area contributed by atoms with Gasteiger partial charge in [-0.3, -0.25) is 0 Å². The molecule has 0 aliphatic heterocycles. The average molecular weight is 721 g/mol. The summed E-state index contributed by atoms with van der Waals surface area (Å²) in [7, 11) is 1.69. The summed E-state index contributed by atoms with van der Waals surface area (Å²) in [5.41, 5.74) is 1.01. The molecule has 0 unspecified atom stereocenters. The normalized spacial score (nSPS) is 11.1. The first-order valence-corrected chi connectivity index (χ1v) is 15.3. The molecule has 0 amide bonds. The lowest BCUT2D eigenvalue weighted by Gasteiger charge is -2.17. The number of aromatic nitrogens is 3. The van der Waals surface area contributed by atoms with Crippen LogP contribution >= 0.6 is 0 Å². The zero-order chi connectivity index (χ0) is 38.1. The number of hydrogen-bond acceptors (Lipinski definition) is 15. The molecule has 268 valence electrons. The molecular weight excluding hydrogens is 692 g/mol. The number of hydrogen-bond donors (Lipinski definition) is 7. The highest BCUT2D eigenvalue weighted by atomic mass is 16.4. The van der Waals surface area contributed by atoms with E-state index in [0.717, 1.165) is 12.1 Å². The summed E-state index contributed by atoms with van der Waals surface area (Å²) in [5, 5.41) is 68.8. The van der Waals surface area contributed by atoms with E-state index in [9.17, 15) is 44.7 Å². The minimum Gasteiger partial charge on any atom is -0.478 e. The van der Waals surface area contributed by atoms with Gasteiger partial charge in [-0.2, -0.15) is 35.4 Å². The Bertz CT molecular complexity index is 2030. The molecule has 19 heteroatoms. The predicted molar refractivity (Wildman–Crippen MR) is 189 cm³/mol. The molecule has 0 spiro atoms. The number of carbonyl (C=O) groups is 4. The maximum atomic E-state index is 11.4. The van der Waals surface area contributed by atoms with Gasteiger partial charge in [-0.1, -0.05) is 0 Å². The van der Waals surface area contributed by atoms with Gasteiger partial charge in [0.2, 0.25) is 17.8 Å². The number of aliphatic hydroxyl groups is 1. The molecular formula is C34H28N10O9. The molecule has 4 aromatic carbocycles. The number of rotatable bonds is 15. The number of aliphatic hydroxyl groups excluding tert-OH is 1. The lowest BCUT2D eigenvalue weighted by Crippen LogP contribution is -2.24. The van der Waals surface area contributed by atoms with E-state index in [1.165, 1.54) is 24.3 Å². The number of likely N-dealkylation sites (N-methyl/N-ethyl adjacent to an activating group) is 1. The molecule has 0 saturated carbocycles. The third-order valence-electron chi connectivity index (χ3n) is 7.03. The van der Waals surface area contributed by atoms with Crippen LogP contribution in [0.4, 0.5) is 52.0 Å². The van der Waals surface area contributed by atoms with Gasteiger partial charge in [0.15, 0.2) is 0 Å². The van der Waals surface area contributed by atoms with Gasteiger partial charge in [0.1, 0.15) is 0 Å². The van der Waals surface area contributed by atoms with Crippen molar-refractivity contribution >= 4 is 75.8 Å². The first-order chi connectivity index (χ1) is 25.4. The Balaban J connectivity index is 1.31. The minimum absolute atomic E-state index is 0.0487. The molecule has 5 rings (SSSR count). The molecule has 1 aromatic heterocycles. The Morgan fingerprint density at radius 2 is 0.887 bits per heavy atom. The number of benzene rings is 4. The van der Waals surface area contributed by atoms with Crippen molar-refractivity contribution < 1.29 is 44.7 Å². The van der Waals surface area contributed by atoms with Crippen molar-refractivity contribution in [3.63, 3.8) is 0 Å². The van der Waals surface area contributed by atoms with Crippen LogP contribution in [0.5, 0.6) is 0 Å². The number of aromatic carboxylic acids is 4. The standard InChI is InChI=1S/C34H28N10O9/c1-44(10-11-45)34-38-32(35-22-2-6-24(7-3-22)40-42-26-14-18(28(46)47)12-19(15-26)29(48)49)37-33(39-34)36-23-4-8-25(9-5-23)41-43-27-16-20(30(50)51)13-21(17-27)31(52)53/h2-9,12-17,45H,10-11H2,1H3,(H,46,47)(H,48,49)(H,50,51)(H,52,53)(H2,35,36,37,38,39). The fourth-order valence-electron chi connectivity index (χ4n) is 4.44. The summed E-state index contributed by atoms with van der Waals surface area (Å²) in [5.74, 6) is -4.67. The van der Waals surface area contributed by atoms with E-state index in [2.05, 4.69) is 46.0 Å². The average Bonchev–Trinajstić information content (AvgIpc) is 3.14. The molecule has 5 aromatic rings. The van der Waals surface area contributed by atoms with Gasteiger partial charge < -0.3 is 41.1 Å². The smallest absolute Gasteiger partial charge is 0.335 e. The minimum atomic E-state index is -1.30. The molecule has 0 aliphatic carbocycles. The molecule has 0 saturated heterocycles. The second-order valence-corrected chi connectivity index (χ2v) is 10.9. The molecule has 19 nitrogen and oxygen atoms in total. The van der Waals surface area contributed by atoms with Gasteiger partial charge in [-0.05, 0) is 84.9 Å². The fourth-order valence-corrected chi connectivity index (χ4v) is 4.44. The van der Waals surface area contributed by atoms with Gasteiger partial charge in [0.05, 0.1) is 51.6 Å². The summed E-state index contributed by atoms with van der Waals surface area (Å²) < 4.78 is 0. The number of nitrogens with zero attached hydrogens (tertiary/aromatic N) is 8. The highest BCUT2D eigenvalue weighted by Crippen LogP contribution is 2.27. The number of azo groups is 2. The quantitative estimate of drug-likeness (QED) is 0.0575. The molecule has 1 heterocycles. The first kappa shape index (κ1) is 36.6. The molecule has 0 aliphatic rings. The number of carboxylic acid groups (broad SMARTS) is 4. The lowest BCUT2D eigenvalue weighted by molar-refractivity contribution is 0.0676. The largest absolute Gasteiger partial charge is 0.478 e. The molecule has 0 bridgehead atoms.